The Hall–Kier alpha value is -1.89. The second-order valence-electron chi connectivity index (χ2n) is 5.88. The first-order valence-corrected chi connectivity index (χ1v) is 7.62. The van der Waals surface area contributed by atoms with Crippen LogP contribution in [0.2, 0.25) is 0 Å². The van der Waals surface area contributed by atoms with Gasteiger partial charge in [0.1, 0.15) is 0 Å². The number of carbonyl (C=O) groups excluding carboxylic acids is 1. The Kier molecular flexibility index (Phi) is 5.18. The molecular formula is C15H23N3O4. The Balaban J connectivity index is 2.18. The van der Waals surface area contributed by atoms with Crippen molar-refractivity contribution in [1.29, 1.82) is 0 Å². The van der Waals surface area contributed by atoms with E-state index in [9.17, 15) is 9.59 Å². The van der Waals surface area contributed by atoms with Crippen LogP contribution >= 0.6 is 0 Å². The summed E-state index contributed by atoms with van der Waals surface area (Å²) >= 11 is 0. The number of aliphatic carboxylic acids is 1. The Morgan fingerprint density at radius 2 is 2.23 bits per heavy atom. The first-order chi connectivity index (χ1) is 10.4. The lowest BCUT2D eigenvalue weighted by atomic mass is 10.1. The summed E-state index contributed by atoms with van der Waals surface area (Å²) in [7, 11) is 0. The zero-order chi connectivity index (χ0) is 16.3. The summed E-state index contributed by atoms with van der Waals surface area (Å²) in [6, 6.07) is 0. The second-order valence-corrected chi connectivity index (χ2v) is 5.88. The lowest BCUT2D eigenvalue weighted by molar-refractivity contribution is -0.154. The highest BCUT2D eigenvalue weighted by atomic mass is 16.5. The van der Waals surface area contributed by atoms with Gasteiger partial charge in [0.05, 0.1) is 30.6 Å². The van der Waals surface area contributed by atoms with Gasteiger partial charge in [-0.25, -0.2) is 4.79 Å². The molecule has 0 aliphatic carbocycles. The van der Waals surface area contributed by atoms with Crippen LogP contribution in [0.25, 0.3) is 0 Å². The van der Waals surface area contributed by atoms with E-state index in [1.807, 2.05) is 11.6 Å². The number of carbonyl (C=O) groups is 2. The fraction of sp³-hybridized carbons (Fsp3) is 0.667. The molecule has 0 saturated carbocycles. The molecule has 0 bridgehead atoms. The predicted molar refractivity (Wildman–Crippen MR) is 79.7 cm³/mol. The number of rotatable bonds is 5. The molecule has 1 aromatic rings. The molecule has 22 heavy (non-hydrogen) atoms. The topological polar surface area (TPSA) is 84.7 Å². The highest BCUT2D eigenvalue weighted by molar-refractivity contribution is 5.95. The van der Waals surface area contributed by atoms with Crippen LogP contribution in [0.15, 0.2) is 6.20 Å². The van der Waals surface area contributed by atoms with E-state index in [4.69, 9.17) is 9.84 Å². The highest BCUT2D eigenvalue weighted by Gasteiger charge is 2.31. The van der Waals surface area contributed by atoms with Crippen molar-refractivity contribution in [2.45, 2.75) is 39.8 Å². The number of carboxylic acids is 1. The predicted octanol–water partition coefficient (Wildman–Crippen LogP) is 1.03. The van der Waals surface area contributed by atoms with E-state index in [-0.39, 0.29) is 19.1 Å². The Morgan fingerprint density at radius 3 is 2.82 bits per heavy atom. The van der Waals surface area contributed by atoms with Crippen molar-refractivity contribution in [1.82, 2.24) is 14.7 Å². The van der Waals surface area contributed by atoms with E-state index in [0.29, 0.717) is 24.4 Å². The van der Waals surface area contributed by atoms with Gasteiger partial charge in [-0.1, -0.05) is 20.8 Å². The molecule has 122 valence electrons. The molecule has 0 aromatic carbocycles. The van der Waals surface area contributed by atoms with Gasteiger partial charge in [-0.3, -0.25) is 9.48 Å². The summed E-state index contributed by atoms with van der Waals surface area (Å²) < 4.78 is 7.02. The molecule has 2 heterocycles. The van der Waals surface area contributed by atoms with Crippen LogP contribution in [-0.4, -0.2) is 57.5 Å². The summed E-state index contributed by atoms with van der Waals surface area (Å²) in [5, 5.41) is 13.4. The fourth-order valence-corrected chi connectivity index (χ4v) is 2.62. The third-order valence-corrected chi connectivity index (χ3v) is 3.68. The average Bonchev–Trinajstić information content (AvgIpc) is 2.88. The maximum Gasteiger partial charge on any atom is 0.334 e. The number of hydrogen-bond acceptors (Lipinski definition) is 4. The Morgan fingerprint density at radius 1 is 1.50 bits per heavy atom. The maximum atomic E-state index is 12.7. The highest BCUT2D eigenvalue weighted by Crippen LogP contribution is 2.16. The van der Waals surface area contributed by atoms with Crippen molar-refractivity contribution in [2.75, 3.05) is 19.7 Å². The van der Waals surface area contributed by atoms with Gasteiger partial charge in [0.25, 0.3) is 5.91 Å². The summed E-state index contributed by atoms with van der Waals surface area (Å²) in [5.74, 6) is -0.766. The van der Waals surface area contributed by atoms with Gasteiger partial charge in [0, 0.05) is 13.1 Å². The minimum atomic E-state index is -1.04. The number of morpholine rings is 1. The van der Waals surface area contributed by atoms with Gasteiger partial charge in [-0.05, 0) is 12.3 Å². The number of hydrogen-bond donors (Lipinski definition) is 1. The molecule has 7 heteroatoms. The van der Waals surface area contributed by atoms with E-state index in [1.165, 1.54) is 4.90 Å². The van der Waals surface area contributed by atoms with E-state index in [0.717, 1.165) is 12.2 Å². The molecule has 0 radical (unpaired) electrons. The molecule has 0 spiro atoms. The number of aromatic nitrogens is 2. The Labute approximate surface area is 129 Å². The molecule has 1 aromatic heterocycles. The van der Waals surface area contributed by atoms with E-state index >= 15 is 0 Å². The van der Waals surface area contributed by atoms with Gasteiger partial charge >= 0.3 is 5.97 Å². The average molecular weight is 309 g/mol. The molecule has 1 fully saturated rings. The number of nitrogens with zero attached hydrogens (tertiary/aromatic N) is 3. The summed E-state index contributed by atoms with van der Waals surface area (Å²) in [6.45, 7) is 7.67. The van der Waals surface area contributed by atoms with Gasteiger partial charge in [-0.15, -0.1) is 0 Å². The van der Waals surface area contributed by atoms with Crippen molar-refractivity contribution in [3.8, 4) is 0 Å². The quantitative estimate of drug-likeness (QED) is 0.878. The maximum absolute atomic E-state index is 12.7. The fourth-order valence-electron chi connectivity index (χ4n) is 2.62. The third-order valence-electron chi connectivity index (χ3n) is 3.68. The van der Waals surface area contributed by atoms with Gasteiger partial charge in [0.15, 0.2) is 6.10 Å². The third kappa shape index (κ3) is 3.47. The summed E-state index contributed by atoms with van der Waals surface area (Å²) in [6.07, 6.45) is 1.35. The molecule has 1 atom stereocenters. The number of ether oxygens (including phenoxy) is 1. The van der Waals surface area contributed by atoms with Gasteiger partial charge in [0.2, 0.25) is 0 Å². The van der Waals surface area contributed by atoms with Gasteiger partial charge < -0.3 is 14.7 Å². The van der Waals surface area contributed by atoms with Crippen molar-refractivity contribution in [3.63, 3.8) is 0 Å². The lowest BCUT2D eigenvalue weighted by Crippen LogP contribution is -2.48. The standard InChI is InChI=1S/C15H23N3O4/c1-4-12-11(7-16-18(12)8-10(2)3)14(19)17-5-6-22-13(9-17)15(20)21/h7,10,13H,4-6,8-9H2,1-3H3,(H,20,21). The second kappa shape index (κ2) is 6.91. The van der Waals surface area contributed by atoms with Crippen LogP contribution < -0.4 is 0 Å². The van der Waals surface area contributed by atoms with Crippen molar-refractivity contribution in [3.05, 3.63) is 17.5 Å². The molecule has 1 aliphatic rings. The zero-order valence-corrected chi connectivity index (χ0v) is 13.3. The van der Waals surface area contributed by atoms with E-state index < -0.39 is 12.1 Å². The normalized spacial score (nSPS) is 18.7. The SMILES string of the molecule is CCc1c(C(=O)N2CCOC(C(=O)O)C2)cnn1CC(C)C. The van der Waals surface area contributed by atoms with Crippen molar-refractivity contribution >= 4 is 11.9 Å². The Bertz CT molecular complexity index is 553. The summed E-state index contributed by atoms with van der Waals surface area (Å²) in [4.78, 5) is 25.2. The molecule has 2 rings (SSSR count). The van der Waals surface area contributed by atoms with Crippen LogP contribution in [-0.2, 0) is 22.5 Å². The molecule has 1 aliphatic heterocycles. The van der Waals surface area contributed by atoms with Crippen LogP contribution in [0.4, 0.5) is 0 Å². The summed E-state index contributed by atoms with van der Waals surface area (Å²) in [5.41, 5.74) is 1.46. The first-order valence-electron chi connectivity index (χ1n) is 7.62. The van der Waals surface area contributed by atoms with E-state index in [2.05, 4.69) is 18.9 Å². The van der Waals surface area contributed by atoms with Crippen LogP contribution in [0.1, 0.15) is 36.8 Å². The van der Waals surface area contributed by atoms with E-state index in [1.54, 1.807) is 6.20 Å². The van der Waals surface area contributed by atoms with Crippen LogP contribution in [0.5, 0.6) is 0 Å². The molecule has 1 amide bonds. The smallest absolute Gasteiger partial charge is 0.334 e. The zero-order valence-electron chi connectivity index (χ0n) is 13.3. The molecule has 1 N–H and O–H groups in total. The minimum absolute atomic E-state index is 0.0761. The largest absolute Gasteiger partial charge is 0.479 e. The van der Waals surface area contributed by atoms with Crippen LogP contribution in [0, 0.1) is 5.92 Å². The molecule has 7 nitrogen and oxygen atoms in total. The lowest BCUT2D eigenvalue weighted by Gasteiger charge is -2.30. The monoisotopic (exact) mass is 309 g/mol. The molecule has 1 unspecified atom stereocenters. The molecular weight excluding hydrogens is 286 g/mol. The van der Waals surface area contributed by atoms with Gasteiger partial charge in [-0.2, -0.15) is 5.10 Å². The first kappa shape index (κ1) is 16.5. The minimum Gasteiger partial charge on any atom is -0.479 e. The molecule has 1 saturated heterocycles. The van der Waals surface area contributed by atoms with Crippen LogP contribution in [0.3, 0.4) is 0 Å². The number of amides is 1. The van der Waals surface area contributed by atoms with Crippen molar-refractivity contribution in [2.24, 2.45) is 5.92 Å². The van der Waals surface area contributed by atoms with Crippen molar-refractivity contribution < 1.29 is 19.4 Å². The number of carboxylic acid groups (broad SMARTS) is 1.